The number of aromatic amines is 1. The van der Waals surface area contributed by atoms with Gasteiger partial charge in [-0.15, -0.1) is 0 Å². The molecule has 0 unspecified atom stereocenters. The Bertz CT molecular complexity index is 838. The molecule has 0 atom stereocenters. The van der Waals surface area contributed by atoms with E-state index in [9.17, 15) is 15.0 Å². The number of aryl methyl sites for hydroxylation is 1. The van der Waals surface area contributed by atoms with Gasteiger partial charge in [-0.2, -0.15) is 0 Å². The number of aromatic nitrogens is 3. The molecule has 3 rings (SSSR count). The Kier molecular flexibility index (Phi) is 2.49. The predicted octanol–water partition coefficient (Wildman–Crippen LogP) is 1.77. The smallest absolute Gasteiger partial charge is 0.261 e. The van der Waals surface area contributed by atoms with Crippen LogP contribution in [0.25, 0.3) is 21.7 Å². The molecule has 0 saturated carbocycles. The molecule has 3 aromatic rings. The minimum absolute atomic E-state index is 0.00514. The molecule has 0 aliphatic rings. The molecule has 96 valence electrons. The van der Waals surface area contributed by atoms with Crippen LogP contribution in [0.4, 0.5) is 0 Å². The standard InChI is InChI=1S/C12H9N3O3S/c1-5-2-6(8(17)3-7(5)16)11-15-10-9(12(18)19-11)13-4-14-10/h2-4,16-17H,1H3,(H,13,14). The van der Waals surface area contributed by atoms with E-state index in [0.29, 0.717) is 27.3 Å². The topological polar surface area (TPSA) is 99.1 Å². The minimum Gasteiger partial charge on any atom is -0.508 e. The van der Waals surface area contributed by atoms with Gasteiger partial charge in [-0.3, -0.25) is 4.79 Å². The van der Waals surface area contributed by atoms with Crippen LogP contribution in [0.1, 0.15) is 5.56 Å². The lowest BCUT2D eigenvalue weighted by molar-refractivity contribution is 0.449. The van der Waals surface area contributed by atoms with Gasteiger partial charge >= 0.3 is 0 Å². The highest BCUT2D eigenvalue weighted by atomic mass is 32.1. The Morgan fingerprint density at radius 3 is 2.84 bits per heavy atom. The van der Waals surface area contributed by atoms with Gasteiger partial charge in [0.05, 0.1) is 11.9 Å². The fourth-order valence-corrected chi connectivity index (χ4v) is 2.59. The van der Waals surface area contributed by atoms with Crippen molar-refractivity contribution >= 4 is 22.5 Å². The maximum atomic E-state index is 11.9. The summed E-state index contributed by atoms with van der Waals surface area (Å²) in [6, 6.07) is 2.82. The average Bonchev–Trinajstić information content (AvgIpc) is 2.82. The Hall–Kier alpha value is -2.41. The van der Waals surface area contributed by atoms with E-state index in [0.717, 1.165) is 11.3 Å². The SMILES string of the molecule is Cc1cc(-c2nc3nc[nH]c3c(=O)s2)c(O)cc1O. The van der Waals surface area contributed by atoms with Crippen molar-refractivity contribution in [1.29, 1.82) is 0 Å². The van der Waals surface area contributed by atoms with Crippen molar-refractivity contribution in [3.8, 4) is 22.1 Å². The number of fused-ring (bicyclic) bond motifs is 1. The van der Waals surface area contributed by atoms with E-state index < -0.39 is 0 Å². The molecule has 1 aromatic carbocycles. The van der Waals surface area contributed by atoms with E-state index in [2.05, 4.69) is 15.0 Å². The number of nitrogens with one attached hydrogen (secondary N) is 1. The first-order valence-electron chi connectivity index (χ1n) is 5.43. The van der Waals surface area contributed by atoms with Gasteiger partial charge in [0.25, 0.3) is 4.74 Å². The van der Waals surface area contributed by atoms with Gasteiger partial charge < -0.3 is 15.2 Å². The third-order valence-corrected chi connectivity index (χ3v) is 3.66. The number of aromatic hydroxyl groups is 2. The number of phenols is 2. The molecular formula is C12H9N3O3S. The Morgan fingerprint density at radius 1 is 1.26 bits per heavy atom. The van der Waals surface area contributed by atoms with E-state index in [1.165, 1.54) is 12.4 Å². The summed E-state index contributed by atoms with van der Waals surface area (Å²) in [6.45, 7) is 1.70. The van der Waals surface area contributed by atoms with Crippen LogP contribution in [0, 0.1) is 6.92 Å². The first-order chi connectivity index (χ1) is 9.06. The molecule has 0 aliphatic heterocycles. The molecule has 0 fully saturated rings. The van der Waals surface area contributed by atoms with Crippen molar-refractivity contribution in [2.75, 3.05) is 0 Å². The Labute approximate surface area is 111 Å². The van der Waals surface area contributed by atoms with Crippen molar-refractivity contribution in [2.24, 2.45) is 0 Å². The van der Waals surface area contributed by atoms with Crippen molar-refractivity contribution in [3.05, 3.63) is 33.6 Å². The molecule has 0 saturated heterocycles. The van der Waals surface area contributed by atoms with Crippen LogP contribution in [0.2, 0.25) is 0 Å². The molecule has 3 N–H and O–H groups in total. The second kappa shape index (κ2) is 4.06. The van der Waals surface area contributed by atoms with E-state index >= 15 is 0 Å². The van der Waals surface area contributed by atoms with Gasteiger partial charge in [-0.25, -0.2) is 9.97 Å². The van der Waals surface area contributed by atoms with E-state index in [1.807, 2.05) is 0 Å². The average molecular weight is 275 g/mol. The van der Waals surface area contributed by atoms with Crippen LogP contribution in [-0.4, -0.2) is 25.2 Å². The molecule has 0 radical (unpaired) electrons. The van der Waals surface area contributed by atoms with Crippen LogP contribution < -0.4 is 4.74 Å². The summed E-state index contributed by atoms with van der Waals surface area (Å²) in [6.07, 6.45) is 1.40. The molecule has 2 aromatic heterocycles. The first kappa shape index (κ1) is 11.7. The summed E-state index contributed by atoms with van der Waals surface area (Å²) in [5.41, 5.74) is 1.66. The number of hydrogen-bond acceptors (Lipinski definition) is 6. The van der Waals surface area contributed by atoms with Gasteiger partial charge in [0.2, 0.25) is 0 Å². The predicted molar refractivity (Wildman–Crippen MR) is 71.5 cm³/mol. The molecule has 0 spiro atoms. The zero-order valence-electron chi connectivity index (χ0n) is 9.84. The molecule has 0 aliphatic carbocycles. The monoisotopic (exact) mass is 275 g/mol. The van der Waals surface area contributed by atoms with Crippen molar-refractivity contribution in [1.82, 2.24) is 15.0 Å². The van der Waals surface area contributed by atoms with Crippen molar-refractivity contribution < 1.29 is 10.2 Å². The van der Waals surface area contributed by atoms with Crippen molar-refractivity contribution in [3.63, 3.8) is 0 Å². The lowest BCUT2D eigenvalue weighted by Crippen LogP contribution is -1.98. The fourth-order valence-electron chi connectivity index (χ4n) is 1.75. The maximum Gasteiger partial charge on any atom is 0.261 e. The van der Waals surface area contributed by atoms with E-state index in [1.54, 1.807) is 13.0 Å². The zero-order valence-corrected chi connectivity index (χ0v) is 10.7. The summed E-state index contributed by atoms with van der Waals surface area (Å²) in [5, 5.41) is 19.7. The molecular weight excluding hydrogens is 266 g/mol. The quantitative estimate of drug-likeness (QED) is 0.628. The van der Waals surface area contributed by atoms with E-state index in [-0.39, 0.29) is 16.2 Å². The van der Waals surface area contributed by atoms with Crippen LogP contribution in [0.15, 0.2) is 23.3 Å². The summed E-state index contributed by atoms with van der Waals surface area (Å²) in [4.78, 5) is 22.8. The summed E-state index contributed by atoms with van der Waals surface area (Å²) in [7, 11) is 0. The summed E-state index contributed by atoms with van der Waals surface area (Å²) >= 11 is 0.914. The number of phenolic OH excluding ortho intramolecular Hbond substituents is 2. The van der Waals surface area contributed by atoms with Gasteiger partial charge in [-0.05, 0) is 18.6 Å². The van der Waals surface area contributed by atoms with Crippen LogP contribution >= 0.6 is 11.3 Å². The molecule has 0 bridgehead atoms. The van der Waals surface area contributed by atoms with Gasteiger partial charge in [0.15, 0.2) is 5.65 Å². The van der Waals surface area contributed by atoms with Crippen LogP contribution in [0.5, 0.6) is 11.5 Å². The molecule has 7 heteroatoms. The highest BCUT2D eigenvalue weighted by Gasteiger charge is 2.13. The maximum absolute atomic E-state index is 11.9. The number of H-pyrrole nitrogens is 1. The normalized spacial score (nSPS) is 11.0. The molecule has 6 nitrogen and oxygen atoms in total. The highest BCUT2D eigenvalue weighted by molar-refractivity contribution is 7.13. The molecule has 0 amide bonds. The second-order valence-electron chi connectivity index (χ2n) is 4.06. The number of rotatable bonds is 1. The Balaban J connectivity index is 2.30. The summed E-state index contributed by atoms with van der Waals surface area (Å²) < 4.78 is -0.206. The largest absolute Gasteiger partial charge is 0.508 e. The summed E-state index contributed by atoms with van der Waals surface area (Å²) in [5.74, 6) is -0.129. The molecule has 19 heavy (non-hydrogen) atoms. The lowest BCUT2D eigenvalue weighted by atomic mass is 10.1. The fraction of sp³-hybridized carbons (Fsp3) is 0.0833. The number of hydrogen-bond donors (Lipinski definition) is 3. The van der Waals surface area contributed by atoms with Crippen LogP contribution in [-0.2, 0) is 0 Å². The zero-order chi connectivity index (χ0) is 13.6. The molecule has 2 heterocycles. The van der Waals surface area contributed by atoms with Gasteiger partial charge in [0, 0.05) is 6.07 Å². The minimum atomic E-state index is -0.206. The third kappa shape index (κ3) is 1.84. The van der Waals surface area contributed by atoms with Gasteiger partial charge in [0.1, 0.15) is 22.0 Å². The highest BCUT2D eigenvalue weighted by Crippen LogP contribution is 2.34. The van der Waals surface area contributed by atoms with Crippen LogP contribution in [0.3, 0.4) is 0 Å². The Morgan fingerprint density at radius 2 is 2.05 bits per heavy atom. The first-order valence-corrected chi connectivity index (χ1v) is 6.25. The van der Waals surface area contributed by atoms with E-state index in [4.69, 9.17) is 0 Å². The number of benzene rings is 1. The number of imidazole rings is 1. The third-order valence-electron chi connectivity index (χ3n) is 2.76. The van der Waals surface area contributed by atoms with Crippen molar-refractivity contribution in [2.45, 2.75) is 6.92 Å². The van der Waals surface area contributed by atoms with Gasteiger partial charge in [-0.1, -0.05) is 11.3 Å². The number of nitrogens with zero attached hydrogens (tertiary/aromatic N) is 2. The lowest BCUT2D eigenvalue weighted by Gasteiger charge is -2.06. The second-order valence-corrected chi connectivity index (χ2v) is 5.03.